The summed E-state index contributed by atoms with van der Waals surface area (Å²) in [6.07, 6.45) is 1.76. The van der Waals surface area contributed by atoms with Crippen LogP contribution in [0.5, 0.6) is 0 Å². The van der Waals surface area contributed by atoms with Gasteiger partial charge in [0.2, 0.25) is 0 Å². The Balaban J connectivity index is 2.51. The normalized spacial score (nSPS) is 38.5. The summed E-state index contributed by atoms with van der Waals surface area (Å²) in [6, 6.07) is 0. The van der Waals surface area contributed by atoms with E-state index < -0.39 is 0 Å². The van der Waals surface area contributed by atoms with Gasteiger partial charge in [0.25, 0.3) is 0 Å². The molecule has 0 amide bonds. The average molecular weight is 177 g/mol. The fourth-order valence-corrected chi connectivity index (χ4v) is 1.90. The minimum atomic E-state index is 0.305. The van der Waals surface area contributed by atoms with Gasteiger partial charge in [-0.1, -0.05) is 22.9 Å². The molecule has 0 saturated heterocycles. The van der Waals surface area contributed by atoms with Crippen molar-refractivity contribution in [2.24, 2.45) is 5.92 Å². The summed E-state index contributed by atoms with van der Waals surface area (Å²) >= 11 is 3.40. The van der Waals surface area contributed by atoms with E-state index in [4.69, 9.17) is 0 Å². The lowest BCUT2D eigenvalue weighted by Gasteiger charge is -1.93. The molecule has 1 rings (SSSR count). The van der Waals surface area contributed by atoms with Gasteiger partial charge in [0, 0.05) is 17.2 Å². The van der Waals surface area contributed by atoms with E-state index in [0.717, 1.165) is 12.8 Å². The SMILES string of the molecule is CC1CC(Br)CC1=O. The topological polar surface area (TPSA) is 17.1 Å². The van der Waals surface area contributed by atoms with Gasteiger partial charge in [-0.15, -0.1) is 0 Å². The van der Waals surface area contributed by atoms with Crippen molar-refractivity contribution in [3.8, 4) is 0 Å². The van der Waals surface area contributed by atoms with Crippen molar-refractivity contribution < 1.29 is 4.79 Å². The number of rotatable bonds is 0. The van der Waals surface area contributed by atoms with Crippen LogP contribution in [0.1, 0.15) is 19.8 Å². The highest BCUT2D eigenvalue weighted by atomic mass is 79.9. The fourth-order valence-electron chi connectivity index (χ4n) is 1.02. The summed E-state index contributed by atoms with van der Waals surface area (Å²) in [5, 5.41) is 0. The molecule has 0 aliphatic heterocycles. The summed E-state index contributed by atoms with van der Waals surface area (Å²) in [6.45, 7) is 1.99. The summed E-state index contributed by atoms with van der Waals surface area (Å²) < 4.78 is 0. The molecule has 2 atom stereocenters. The lowest BCUT2D eigenvalue weighted by atomic mass is 10.1. The molecule has 46 valence electrons. The van der Waals surface area contributed by atoms with Gasteiger partial charge in [-0.05, 0) is 6.42 Å². The fraction of sp³-hybridized carbons (Fsp3) is 0.833. The molecule has 1 fully saturated rings. The predicted molar refractivity (Wildman–Crippen MR) is 36.1 cm³/mol. The summed E-state index contributed by atoms with van der Waals surface area (Å²) in [5.41, 5.74) is 0. The van der Waals surface area contributed by atoms with Crippen LogP contribution >= 0.6 is 15.9 Å². The van der Waals surface area contributed by atoms with Crippen LogP contribution in [0.4, 0.5) is 0 Å². The second kappa shape index (κ2) is 2.18. The molecule has 0 aromatic heterocycles. The van der Waals surface area contributed by atoms with Crippen molar-refractivity contribution in [2.45, 2.75) is 24.6 Å². The Morgan fingerprint density at radius 1 is 1.75 bits per heavy atom. The zero-order chi connectivity index (χ0) is 6.15. The van der Waals surface area contributed by atoms with E-state index >= 15 is 0 Å². The van der Waals surface area contributed by atoms with E-state index in [2.05, 4.69) is 15.9 Å². The Morgan fingerprint density at radius 2 is 2.38 bits per heavy atom. The monoisotopic (exact) mass is 176 g/mol. The van der Waals surface area contributed by atoms with E-state index in [1.165, 1.54) is 0 Å². The van der Waals surface area contributed by atoms with Crippen LogP contribution in [0.3, 0.4) is 0 Å². The number of halogens is 1. The Morgan fingerprint density at radius 3 is 2.50 bits per heavy atom. The predicted octanol–water partition coefficient (Wildman–Crippen LogP) is 1.75. The number of ketones is 1. The minimum Gasteiger partial charge on any atom is -0.299 e. The molecule has 0 aromatic carbocycles. The smallest absolute Gasteiger partial charge is 0.136 e. The van der Waals surface area contributed by atoms with Gasteiger partial charge in [0.1, 0.15) is 5.78 Å². The molecule has 1 nitrogen and oxygen atoms in total. The van der Waals surface area contributed by atoms with E-state index in [1.807, 2.05) is 6.92 Å². The number of carbonyl (C=O) groups is 1. The first kappa shape index (κ1) is 6.27. The van der Waals surface area contributed by atoms with E-state index in [1.54, 1.807) is 0 Å². The van der Waals surface area contributed by atoms with Gasteiger partial charge in [0.15, 0.2) is 0 Å². The molecule has 0 aromatic rings. The average Bonchev–Trinajstić information content (AvgIpc) is 1.85. The molecule has 1 saturated carbocycles. The number of hydrogen-bond donors (Lipinski definition) is 0. The molecule has 8 heavy (non-hydrogen) atoms. The first-order chi connectivity index (χ1) is 3.70. The van der Waals surface area contributed by atoms with Crippen LogP contribution in [-0.2, 0) is 4.79 Å². The number of Topliss-reactive ketones (excluding diaryl/α,β-unsaturated/α-hetero) is 1. The van der Waals surface area contributed by atoms with Crippen molar-refractivity contribution in [1.82, 2.24) is 0 Å². The molecule has 2 unspecified atom stereocenters. The molecule has 0 N–H and O–H groups in total. The maximum atomic E-state index is 10.8. The molecule has 2 heteroatoms. The van der Waals surface area contributed by atoms with Crippen molar-refractivity contribution >= 4 is 21.7 Å². The van der Waals surface area contributed by atoms with Gasteiger partial charge in [-0.25, -0.2) is 0 Å². The zero-order valence-corrected chi connectivity index (χ0v) is 6.44. The summed E-state index contributed by atoms with van der Waals surface area (Å²) in [5.74, 6) is 0.714. The second-order valence-electron chi connectivity index (χ2n) is 2.40. The molecular formula is C6H9BrO. The lowest BCUT2D eigenvalue weighted by molar-refractivity contribution is -0.120. The standard InChI is InChI=1S/C6H9BrO/c1-4-2-5(7)3-6(4)8/h4-5H,2-3H2,1H3. The Bertz CT molecular complexity index is 111. The number of carbonyl (C=O) groups excluding carboxylic acids is 1. The first-order valence-corrected chi connectivity index (χ1v) is 3.78. The van der Waals surface area contributed by atoms with Crippen molar-refractivity contribution in [3.63, 3.8) is 0 Å². The van der Waals surface area contributed by atoms with Crippen molar-refractivity contribution in [2.75, 3.05) is 0 Å². The Hall–Kier alpha value is 0.150. The molecule has 1 aliphatic rings. The maximum absolute atomic E-state index is 10.8. The van der Waals surface area contributed by atoms with Crippen LogP contribution in [0.2, 0.25) is 0 Å². The molecule has 1 aliphatic carbocycles. The molecule has 0 bridgehead atoms. The Kier molecular flexibility index (Phi) is 1.71. The van der Waals surface area contributed by atoms with Gasteiger partial charge < -0.3 is 0 Å². The summed E-state index contributed by atoms with van der Waals surface area (Å²) in [7, 11) is 0. The van der Waals surface area contributed by atoms with Crippen LogP contribution in [0, 0.1) is 5.92 Å². The number of hydrogen-bond acceptors (Lipinski definition) is 1. The Labute approximate surface area is 57.6 Å². The van der Waals surface area contributed by atoms with E-state index in [9.17, 15) is 4.79 Å². The minimum absolute atomic E-state index is 0.305. The van der Waals surface area contributed by atoms with Crippen molar-refractivity contribution in [3.05, 3.63) is 0 Å². The quantitative estimate of drug-likeness (QED) is 0.515. The largest absolute Gasteiger partial charge is 0.299 e. The van der Waals surface area contributed by atoms with Crippen LogP contribution in [0.25, 0.3) is 0 Å². The van der Waals surface area contributed by atoms with Gasteiger partial charge in [-0.3, -0.25) is 4.79 Å². The highest BCUT2D eigenvalue weighted by molar-refractivity contribution is 9.09. The molecular weight excluding hydrogens is 168 g/mol. The van der Waals surface area contributed by atoms with Gasteiger partial charge >= 0.3 is 0 Å². The van der Waals surface area contributed by atoms with Crippen LogP contribution < -0.4 is 0 Å². The highest BCUT2D eigenvalue weighted by Crippen LogP contribution is 2.26. The van der Waals surface area contributed by atoms with Gasteiger partial charge in [0.05, 0.1) is 0 Å². The molecule has 0 radical (unpaired) electrons. The van der Waals surface area contributed by atoms with E-state index in [-0.39, 0.29) is 0 Å². The van der Waals surface area contributed by atoms with Gasteiger partial charge in [-0.2, -0.15) is 0 Å². The lowest BCUT2D eigenvalue weighted by Crippen LogP contribution is -1.98. The van der Waals surface area contributed by atoms with E-state index in [0.29, 0.717) is 16.5 Å². The highest BCUT2D eigenvalue weighted by Gasteiger charge is 2.26. The third kappa shape index (κ3) is 1.10. The van der Waals surface area contributed by atoms with Crippen LogP contribution in [-0.4, -0.2) is 10.6 Å². The second-order valence-corrected chi connectivity index (χ2v) is 3.70. The molecule has 0 spiro atoms. The third-order valence-corrected chi connectivity index (χ3v) is 2.28. The van der Waals surface area contributed by atoms with Crippen molar-refractivity contribution in [1.29, 1.82) is 0 Å². The third-order valence-electron chi connectivity index (χ3n) is 1.58. The summed E-state index contributed by atoms with van der Waals surface area (Å²) in [4.78, 5) is 11.2. The first-order valence-electron chi connectivity index (χ1n) is 2.87. The molecule has 0 heterocycles. The van der Waals surface area contributed by atoms with Crippen LogP contribution in [0.15, 0.2) is 0 Å². The zero-order valence-electron chi connectivity index (χ0n) is 4.86. The number of alkyl halides is 1. The maximum Gasteiger partial charge on any atom is 0.136 e.